The number of aromatic nitrogens is 2. The molecular formula is C12H8Cl2N4O. The van der Waals surface area contributed by atoms with Crippen molar-refractivity contribution in [3.63, 3.8) is 0 Å². The molecule has 1 aliphatic rings. The van der Waals surface area contributed by atoms with Crippen molar-refractivity contribution in [1.82, 2.24) is 15.3 Å². The van der Waals surface area contributed by atoms with Gasteiger partial charge in [0.1, 0.15) is 12.1 Å². The lowest BCUT2D eigenvalue weighted by Crippen LogP contribution is -2.42. The number of para-hydroxylation sites is 1. The lowest BCUT2D eigenvalue weighted by Gasteiger charge is -2.29. The summed E-state index contributed by atoms with van der Waals surface area (Å²) in [7, 11) is 0. The Bertz CT molecular complexity index is 642. The van der Waals surface area contributed by atoms with E-state index in [4.69, 9.17) is 23.2 Å². The summed E-state index contributed by atoms with van der Waals surface area (Å²) < 4.78 is 0. The van der Waals surface area contributed by atoms with Crippen molar-refractivity contribution in [3.05, 3.63) is 46.3 Å². The molecule has 2 heterocycles. The van der Waals surface area contributed by atoms with E-state index in [1.165, 1.54) is 11.2 Å². The number of anilines is 2. The fourth-order valence-electron chi connectivity index (χ4n) is 1.93. The molecule has 3 rings (SSSR count). The van der Waals surface area contributed by atoms with E-state index in [2.05, 4.69) is 15.3 Å². The minimum atomic E-state index is -0.318. The highest BCUT2D eigenvalue weighted by Gasteiger charge is 2.29. The van der Waals surface area contributed by atoms with Crippen LogP contribution in [-0.2, 0) is 6.54 Å². The second-order valence-electron chi connectivity index (χ2n) is 3.94. The van der Waals surface area contributed by atoms with Gasteiger partial charge in [0.2, 0.25) is 0 Å². The fourth-order valence-corrected chi connectivity index (χ4v) is 2.50. The number of halogens is 2. The van der Waals surface area contributed by atoms with Crippen LogP contribution in [0.25, 0.3) is 0 Å². The molecule has 0 bridgehead atoms. The predicted molar refractivity (Wildman–Crippen MR) is 72.9 cm³/mol. The van der Waals surface area contributed by atoms with Crippen molar-refractivity contribution in [1.29, 1.82) is 0 Å². The average Bonchev–Trinajstić information content (AvgIpc) is 2.41. The van der Waals surface area contributed by atoms with E-state index >= 15 is 0 Å². The van der Waals surface area contributed by atoms with Gasteiger partial charge >= 0.3 is 6.03 Å². The second-order valence-corrected chi connectivity index (χ2v) is 4.75. The first-order valence-electron chi connectivity index (χ1n) is 5.49. The van der Waals surface area contributed by atoms with Crippen LogP contribution in [0.15, 0.2) is 30.7 Å². The van der Waals surface area contributed by atoms with Crippen molar-refractivity contribution < 1.29 is 4.79 Å². The van der Waals surface area contributed by atoms with Gasteiger partial charge in [0, 0.05) is 18.3 Å². The molecule has 7 heteroatoms. The van der Waals surface area contributed by atoms with E-state index in [0.717, 1.165) is 5.56 Å². The molecule has 96 valence electrons. The number of hydrogen-bond acceptors (Lipinski definition) is 3. The Morgan fingerprint density at radius 3 is 2.74 bits per heavy atom. The highest BCUT2D eigenvalue weighted by Crippen LogP contribution is 2.39. The number of rotatable bonds is 1. The second kappa shape index (κ2) is 4.68. The molecule has 2 aromatic rings. The van der Waals surface area contributed by atoms with Gasteiger partial charge in [-0.25, -0.2) is 19.7 Å². The van der Waals surface area contributed by atoms with E-state index in [1.807, 2.05) is 0 Å². The zero-order valence-corrected chi connectivity index (χ0v) is 11.1. The van der Waals surface area contributed by atoms with Crippen molar-refractivity contribution in [2.24, 2.45) is 0 Å². The van der Waals surface area contributed by atoms with Crippen molar-refractivity contribution >= 4 is 40.7 Å². The fraction of sp³-hybridized carbons (Fsp3) is 0.0833. The number of carbonyl (C=O) groups is 1. The maximum Gasteiger partial charge on any atom is 0.328 e. The molecule has 19 heavy (non-hydrogen) atoms. The molecule has 0 spiro atoms. The summed E-state index contributed by atoms with van der Waals surface area (Å²) in [5, 5.41) is 3.50. The van der Waals surface area contributed by atoms with Crippen LogP contribution in [0.5, 0.6) is 0 Å². The highest BCUT2D eigenvalue weighted by atomic mass is 35.5. The topological polar surface area (TPSA) is 58.1 Å². The zero-order chi connectivity index (χ0) is 13.4. The van der Waals surface area contributed by atoms with E-state index < -0.39 is 0 Å². The first-order valence-corrected chi connectivity index (χ1v) is 6.25. The molecule has 0 atom stereocenters. The summed E-state index contributed by atoms with van der Waals surface area (Å²) in [6.45, 7) is 0.383. The van der Waals surface area contributed by atoms with Gasteiger partial charge in [-0.3, -0.25) is 0 Å². The Morgan fingerprint density at radius 1 is 1.26 bits per heavy atom. The quantitative estimate of drug-likeness (QED) is 0.879. The molecular weight excluding hydrogens is 287 g/mol. The summed E-state index contributed by atoms with van der Waals surface area (Å²) >= 11 is 12.3. The van der Waals surface area contributed by atoms with E-state index in [-0.39, 0.29) is 6.03 Å². The van der Waals surface area contributed by atoms with Gasteiger partial charge in [-0.15, -0.1) is 0 Å². The molecule has 0 unspecified atom stereocenters. The van der Waals surface area contributed by atoms with Gasteiger partial charge in [0.05, 0.1) is 15.7 Å². The first kappa shape index (κ1) is 12.2. The minimum Gasteiger partial charge on any atom is -0.333 e. The minimum absolute atomic E-state index is 0.318. The van der Waals surface area contributed by atoms with Gasteiger partial charge in [-0.2, -0.15) is 0 Å². The summed E-state index contributed by atoms with van der Waals surface area (Å²) in [5.74, 6) is 0.494. The Balaban J connectivity index is 2.22. The van der Waals surface area contributed by atoms with E-state index in [1.54, 1.807) is 24.4 Å². The molecule has 5 nitrogen and oxygen atoms in total. The molecule has 0 fully saturated rings. The molecule has 1 aromatic heterocycles. The lowest BCUT2D eigenvalue weighted by atomic mass is 10.2. The number of nitrogens with one attached hydrogen (secondary N) is 1. The summed E-state index contributed by atoms with van der Waals surface area (Å²) in [6.07, 6.45) is 3.04. The van der Waals surface area contributed by atoms with Crippen LogP contribution in [0.4, 0.5) is 16.3 Å². The molecule has 0 saturated heterocycles. The average molecular weight is 295 g/mol. The Kier molecular flexibility index (Phi) is 3.00. The van der Waals surface area contributed by atoms with Crippen LogP contribution in [-0.4, -0.2) is 16.0 Å². The van der Waals surface area contributed by atoms with Gasteiger partial charge < -0.3 is 5.32 Å². The largest absolute Gasteiger partial charge is 0.333 e. The Morgan fingerprint density at radius 2 is 2.00 bits per heavy atom. The number of carbonyl (C=O) groups excluding carboxylic acids is 1. The summed E-state index contributed by atoms with van der Waals surface area (Å²) in [6, 6.07) is 4.75. The molecule has 1 aliphatic heterocycles. The van der Waals surface area contributed by atoms with Crippen molar-refractivity contribution in [2.45, 2.75) is 6.54 Å². The number of nitrogens with zero attached hydrogens (tertiary/aromatic N) is 3. The number of benzene rings is 1. The van der Waals surface area contributed by atoms with Crippen LogP contribution >= 0.6 is 23.2 Å². The molecule has 2 amide bonds. The molecule has 1 N–H and O–H groups in total. The normalized spacial score (nSPS) is 14.0. The van der Waals surface area contributed by atoms with E-state index in [0.29, 0.717) is 28.1 Å². The Labute approximate surface area is 119 Å². The third kappa shape index (κ3) is 2.01. The van der Waals surface area contributed by atoms with Crippen molar-refractivity contribution in [2.75, 3.05) is 4.90 Å². The van der Waals surface area contributed by atoms with Crippen LogP contribution in [0.3, 0.4) is 0 Å². The van der Waals surface area contributed by atoms with Gasteiger partial charge in [-0.1, -0.05) is 29.3 Å². The SMILES string of the molecule is O=C1NCc2cncnc2N1c1c(Cl)cccc1Cl. The first-order chi connectivity index (χ1) is 9.18. The standard InChI is InChI=1S/C12H8Cl2N4O/c13-8-2-1-3-9(14)10(8)18-11-7(4-15-6-17-11)5-16-12(18)19/h1-4,6H,5H2,(H,16,19). The number of fused-ring (bicyclic) bond motifs is 1. The van der Waals surface area contributed by atoms with E-state index in [9.17, 15) is 4.79 Å². The maximum absolute atomic E-state index is 12.1. The zero-order valence-electron chi connectivity index (χ0n) is 9.60. The van der Waals surface area contributed by atoms with Crippen LogP contribution in [0.2, 0.25) is 10.0 Å². The Hall–Kier alpha value is -1.85. The monoisotopic (exact) mass is 294 g/mol. The maximum atomic E-state index is 12.1. The van der Waals surface area contributed by atoms with Gasteiger partial charge in [-0.05, 0) is 12.1 Å². The summed E-state index contributed by atoms with van der Waals surface area (Å²) in [4.78, 5) is 21.6. The number of hydrogen-bond donors (Lipinski definition) is 1. The molecule has 0 saturated carbocycles. The highest BCUT2D eigenvalue weighted by molar-refractivity contribution is 6.40. The van der Waals surface area contributed by atoms with Crippen LogP contribution in [0.1, 0.15) is 5.56 Å². The van der Waals surface area contributed by atoms with Crippen LogP contribution in [0, 0.1) is 0 Å². The van der Waals surface area contributed by atoms with Gasteiger partial charge in [0.15, 0.2) is 0 Å². The van der Waals surface area contributed by atoms with Gasteiger partial charge in [0.25, 0.3) is 0 Å². The smallest absolute Gasteiger partial charge is 0.328 e. The molecule has 1 aromatic carbocycles. The predicted octanol–water partition coefficient (Wildman–Crippen LogP) is 3.14. The third-order valence-corrected chi connectivity index (χ3v) is 3.38. The lowest BCUT2D eigenvalue weighted by molar-refractivity contribution is 0.247. The molecule has 0 aliphatic carbocycles. The molecule has 0 radical (unpaired) electrons. The van der Waals surface area contributed by atoms with Crippen molar-refractivity contribution in [3.8, 4) is 0 Å². The number of amides is 2. The number of urea groups is 1. The third-order valence-electron chi connectivity index (χ3n) is 2.77. The summed E-state index contributed by atoms with van der Waals surface area (Å²) in [5.41, 5.74) is 1.22. The van der Waals surface area contributed by atoms with Crippen LogP contribution < -0.4 is 10.2 Å².